The number of carboxylic acid groups (broad SMARTS) is 1. The van der Waals surface area contributed by atoms with Crippen LogP contribution in [0.25, 0.3) is 5.76 Å². The van der Waals surface area contributed by atoms with Gasteiger partial charge in [0, 0.05) is 23.1 Å². The molecule has 0 spiro atoms. The molecule has 0 aliphatic heterocycles. The molecular formula is C25H27NO7. The lowest BCUT2D eigenvalue weighted by atomic mass is 9.87. The van der Waals surface area contributed by atoms with E-state index in [0.29, 0.717) is 11.1 Å². The average molecular weight is 453 g/mol. The zero-order chi connectivity index (χ0) is 24.9. The normalized spacial score (nSPS) is 14.5. The summed E-state index contributed by atoms with van der Waals surface area (Å²) in [6.45, 7) is 5.20. The number of carbonyl (C=O) groups is 3. The molecule has 0 saturated carbocycles. The summed E-state index contributed by atoms with van der Waals surface area (Å²) in [5.74, 6) is -2.87. The van der Waals surface area contributed by atoms with Crippen LogP contribution in [-0.2, 0) is 16.0 Å². The van der Waals surface area contributed by atoms with E-state index in [9.17, 15) is 24.6 Å². The molecule has 8 nitrogen and oxygen atoms in total. The van der Waals surface area contributed by atoms with Crippen LogP contribution in [0.15, 0.2) is 59.7 Å². The van der Waals surface area contributed by atoms with Gasteiger partial charge in [-0.25, -0.2) is 0 Å². The predicted molar refractivity (Wildman–Crippen MR) is 123 cm³/mol. The Balaban J connectivity index is 0.000000238. The molecule has 2 aromatic rings. The van der Waals surface area contributed by atoms with Crippen molar-refractivity contribution < 1.29 is 34.8 Å². The summed E-state index contributed by atoms with van der Waals surface area (Å²) in [5, 5.41) is 37.1. The van der Waals surface area contributed by atoms with Crippen molar-refractivity contribution in [1.82, 2.24) is 0 Å². The van der Waals surface area contributed by atoms with Crippen molar-refractivity contribution in [3.63, 3.8) is 0 Å². The first kappa shape index (κ1) is 25.4. The Bertz CT molecular complexity index is 1160. The molecule has 1 atom stereocenters. The molecule has 1 aliphatic carbocycles. The molecule has 33 heavy (non-hydrogen) atoms. The number of aliphatic hydroxyl groups excluding tert-OH is 1. The number of phenolic OH excluding ortho intramolecular Hbond substituents is 2. The minimum atomic E-state index is -1.39. The third kappa shape index (κ3) is 6.08. The van der Waals surface area contributed by atoms with Gasteiger partial charge in [-0.15, -0.1) is 0 Å². The number of ketones is 2. The zero-order valence-electron chi connectivity index (χ0n) is 18.6. The fourth-order valence-electron chi connectivity index (χ4n) is 3.09. The summed E-state index contributed by atoms with van der Waals surface area (Å²) >= 11 is 0. The highest BCUT2D eigenvalue weighted by Gasteiger charge is 2.31. The number of fused-ring (bicyclic) bond motifs is 1. The molecule has 0 fully saturated rings. The molecule has 0 aromatic heterocycles. The topological polar surface area (TPSA) is 158 Å². The number of carboxylic acids is 1. The fraction of sp³-hybridized carbons (Fsp3) is 0.240. The quantitative estimate of drug-likeness (QED) is 0.261. The lowest BCUT2D eigenvalue weighted by molar-refractivity contribution is -0.142. The first-order chi connectivity index (χ1) is 15.3. The third-order valence-electron chi connectivity index (χ3n) is 5.01. The first-order valence-electron chi connectivity index (χ1n) is 10.1. The number of aromatic hydroxyl groups is 2. The van der Waals surface area contributed by atoms with Crippen LogP contribution in [0.2, 0.25) is 0 Å². The van der Waals surface area contributed by atoms with Crippen molar-refractivity contribution in [2.75, 3.05) is 0 Å². The Hall–Kier alpha value is -3.91. The van der Waals surface area contributed by atoms with Gasteiger partial charge >= 0.3 is 5.97 Å². The maximum atomic E-state index is 11.9. The van der Waals surface area contributed by atoms with Gasteiger partial charge in [-0.2, -0.15) is 0 Å². The number of allylic oxidation sites excluding steroid dienone is 3. The van der Waals surface area contributed by atoms with Crippen LogP contribution in [-0.4, -0.2) is 43.5 Å². The number of hydrogen-bond donors (Lipinski definition) is 5. The number of nitrogens with two attached hydrogens (primary N) is 1. The zero-order valence-corrected chi connectivity index (χ0v) is 18.6. The molecule has 0 saturated heterocycles. The molecule has 0 radical (unpaired) electrons. The van der Waals surface area contributed by atoms with Gasteiger partial charge in [-0.3, -0.25) is 14.4 Å². The Morgan fingerprint density at radius 3 is 2.12 bits per heavy atom. The maximum absolute atomic E-state index is 11.9. The first-order valence-corrected chi connectivity index (χ1v) is 10.1. The number of carbonyl (C=O) groups excluding carboxylic acids is 2. The van der Waals surface area contributed by atoms with Crippen molar-refractivity contribution in [2.45, 2.75) is 39.2 Å². The highest BCUT2D eigenvalue weighted by molar-refractivity contribution is 6.52. The Morgan fingerprint density at radius 2 is 1.58 bits per heavy atom. The van der Waals surface area contributed by atoms with E-state index >= 15 is 0 Å². The van der Waals surface area contributed by atoms with Crippen LogP contribution >= 0.6 is 0 Å². The molecule has 6 N–H and O–H groups in total. The van der Waals surface area contributed by atoms with Gasteiger partial charge in [0.2, 0.25) is 11.6 Å². The number of Topliss-reactive ketones (excluding diaryl/α,β-unsaturated/α-hetero) is 2. The van der Waals surface area contributed by atoms with Crippen LogP contribution in [0.1, 0.15) is 48.7 Å². The summed E-state index contributed by atoms with van der Waals surface area (Å²) < 4.78 is 0. The van der Waals surface area contributed by atoms with Gasteiger partial charge in [0.15, 0.2) is 11.5 Å². The van der Waals surface area contributed by atoms with E-state index < -0.39 is 23.1 Å². The predicted octanol–water partition coefficient (Wildman–Crippen LogP) is 3.52. The van der Waals surface area contributed by atoms with Gasteiger partial charge in [0.05, 0.1) is 0 Å². The lowest BCUT2D eigenvalue weighted by Gasteiger charge is -2.19. The lowest BCUT2D eigenvalue weighted by Crippen LogP contribution is -2.46. The molecule has 0 bridgehead atoms. The summed E-state index contributed by atoms with van der Waals surface area (Å²) in [6.07, 6.45) is 2.19. The minimum Gasteiger partial charge on any atom is -0.507 e. The Kier molecular flexibility index (Phi) is 7.79. The number of benzene rings is 2. The van der Waals surface area contributed by atoms with Crippen molar-refractivity contribution in [3.05, 3.63) is 76.4 Å². The number of hydrogen-bond acceptors (Lipinski definition) is 7. The van der Waals surface area contributed by atoms with E-state index in [1.54, 1.807) is 24.3 Å². The van der Waals surface area contributed by atoms with E-state index in [4.69, 9.17) is 15.9 Å². The summed E-state index contributed by atoms with van der Waals surface area (Å²) in [4.78, 5) is 34.6. The van der Waals surface area contributed by atoms with Gasteiger partial charge in [0.25, 0.3) is 0 Å². The monoisotopic (exact) mass is 453 g/mol. The highest BCUT2D eigenvalue weighted by atomic mass is 16.4. The molecule has 0 heterocycles. The standard InChI is InChI=1S/C15H14O3.C10H13NO4/c1-9(2)7-8-12-13(16)10-5-3-4-6-11(10)14(17)15(12)18;1-10(11,9(14)15)5-6-2-3-7(12)8(13)4-6/h3-7,16H,8H2,1-2H3;2-4,12-13H,5,11H2,1H3,(H,14,15). The van der Waals surface area contributed by atoms with Crippen LogP contribution in [0.5, 0.6) is 11.5 Å². The molecule has 8 heteroatoms. The number of phenols is 2. The van der Waals surface area contributed by atoms with Crippen LogP contribution < -0.4 is 5.73 Å². The number of aliphatic carboxylic acids is 1. The Morgan fingerprint density at radius 1 is 0.970 bits per heavy atom. The van der Waals surface area contributed by atoms with E-state index in [-0.39, 0.29) is 41.2 Å². The molecule has 1 aliphatic rings. The van der Waals surface area contributed by atoms with Crippen molar-refractivity contribution in [3.8, 4) is 11.5 Å². The number of aliphatic hydroxyl groups is 1. The van der Waals surface area contributed by atoms with Crippen molar-refractivity contribution >= 4 is 23.3 Å². The molecular weight excluding hydrogens is 426 g/mol. The van der Waals surface area contributed by atoms with E-state index in [2.05, 4.69) is 0 Å². The van der Waals surface area contributed by atoms with E-state index in [1.165, 1.54) is 25.1 Å². The van der Waals surface area contributed by atoms with Crippen LogP contribution in [0.4, 0.5) is 0 Å². The second kappa shape index (κ2) is 10.1. The van der Waals surface area contributed by atoms with Gasteiger partial charge < -0.3 is 26.2 Å². The Labute approximate surface area is 191 Å². The second-order valence-corrected chi connectivity index (χ2v) is 8.24. The van der Waals surface area contributed by atoms with Gasteiger partial charge in [0.1, 0.15) is 11.3 Å². The number of rotatable bonds is 5. The summed E-state index contributed by atoms with van der Waals surface area (Å²) in [5.41, 5.74) is 6.64. The van der Waals surface area contributed by atoms with E-state index in [1.807, 2.05) is 19.9 Å². The van der Waals surface area contributed by atoms with Gasteiger partial charge in [-0.1, -0.05) is 42.0 Å². The van der Waals surface area contributed by atoms with E-state index in [0.717, 1.165) is 5.57 Å². The van der Waals surface area contributed by atoms with Crippen molar-refractivity contribution in [2.24, 2.45) is 5.73 Å². The maximum Gasteiger partial charge on any atom is 0.323 e. The highest BCUT2D eigenvalue weighted by Crippen LogP contribution is 2.29. The largest absolute Gasteiger partial charge is 0.507 e. The molecule has 2 aromatic carbocycles. The fourth-order valence-corrected chi connectivity index (χ4v) is 3.09. The molecule has 1 unspecified atom stereocenters. The summed E-state index contributed by atoms with van der Waals surface area (Å²) in [7, 11) is 0. The summed E-state index contributed by atoms with van der Waals surface area (Å²) in [6, 6.07) is 10.7. The van der Waals surface area contributed by atoms with Gasteiger partial charge in [-0.05, 0) is 44.9 Å². The van der Waals surface area contributed by atoms with Crippen molar-refractivity contribution in [1.29, 1.82) is 0 Å². The SMILES string of the molecule is CC(C)=CCC1=C(O)c2ccccc2C(=O)C1=O.CC(N)(Cc1ccc(O)c(O)c1)C(=O)O. The third-order valence-corrected chi connectivity index (χ3v) is 5.01. The second-order valence-electron chi connectivity index (χ2n) is 8.24. The minimum absolute atomic E-state index is 0.0762. The average Bonchev–Trinajstić information content (AvgIpc) is 2.74. The molecule has 3 rings (SSSR count). The molecule has 174 valence electrons. The smallest absolute Gasteiger partial charge is 0.323 e. The molecule has 0 amide bonds. The van der Waals surface area contributed by atoms with Crippen LogP contribution in [0.3, 0.4) is 0 Å². The van der Waals surface area contributed by atoms with Crippen LogP contribution in [0, 0.1) is 0 Å².